The summed E-state index contributed by atoms with van der Waals surface area (Å²) in [7, 11) is 0. The maximum atomic E-state index is 11.6. The summed E-state index contributed by atoms with van der Waals surface area (Å²) in [6.07, 6.45) is 41.2. The number of carbonyl (C=O) groups is 2. The Morgan fingerprint density at radius 2 is 0.654 bits per heavy atom. The second kappa shape index (κ2) is 45.4. The van der Waals surface area contributed by atoms with Gasteiger partial charge in [-0.25, -0.2) is 0 Å². The fourth-order valence-electron chi connectivity index (χ4n) is 5.75. The number of allylic oxidation sites excluding steroid dienone is 4. The molecule has 8 heteroatoms. The molecule has 2 unspecified atom stereocenters. The Hall–Kier alpha value is -1.74. The van der Waals surface area contributed by atoms with Crippen LogP contribution in [0.4, 0.5) is 0 Å². The van der Waals surface area contributed by atoms with Gasteiger partial charge >= 0.3 is 11.9 Å². The smallest absolute Gasteiger partial charge is 0.306 e. The summed E-state index contributed by atoms with van der Waals surface area (Å²) >= 11 is 0. The third-order valence-corrected chi connectivity index (χ3v) is 9.31. The number of hydrogen-bond acceptors (Lipinski definition) is 8. The lowest BCUT2D eigenvalue weighted by Gasteiger charge is -2.12. The maximum absolute atomic E-state index is 11.6. The standard InChI is InChI=1S/2C22H42O4/c2*1-2-21(20-24)26-22(25)18-16-14-12-10-8-6-4-3-5-7-9-11-13-15-17-19-23/h2*3-4,21,23-24H,2,5-20H2,1H3/b4-3+;4-3-. The van der Waals surface area contributed by atoms with E-state index in [1.165, 1.54) is 103 Å². The maximum Gasteiger partial charge on any atom is 0.306 e. The van der Waals surface area contributed by atoms with Gasteiger partial charge in [-0.3, -0.25) is 9.59 Å². The van der Waals surface area contributed by atoms with Crippen LogP contribution in [0.1, 0.15) is 206 Å². The number of esters is 2. The zero-order valence-corrected chi connectivity index (χ0v) is 33.9. The van der Waals surface area contributed by atoms with Gasteiger partial charge < -0.3 is 29.9 Å². The van der Waals surface area contributed by atoms with E-state index < -0.39 is 0 Å². The highest BCUT2D eigenvalue weighted by molar-refractivity contribution is 5.69. The number of aliphatic hydroxyl groups excluding tert-OH is 4. The van der Waals surface area contributed by atoms with E-state index in [2.05, 4.69) is 24.3 Å². The SMILES string of the molecule is CCC(CO)OC(=O)CCCCCCC/C=C/CCCCCCCCO.CCC(CO)OC(=O)CCCCCCC/C=C\CCCCCCCCO. The molecule has 4 N–H and O–H groups in total. The second-order valence-electron chi connectivity index (χ2n) is 14.2. The van der Waals surface area contributed by atoms with Gasteiger partial charge in [-0.15, -0.1) is 0 Å². The molecular weight excluding hydrogens is 656 g/mol. The molecule has 0 spiro atoms. The molecule has 0 fully saturated rings. The molecule has 0 rings (SSSR count). The van der Waals surface area contributed by atoms with Gasteiger partial charge in [0.25, 0.3) is 0 Å². The summed E-state index contributed by atoms with van der Waals surface area (Å²) in [6, 6.07) is 0. The van der Waals surface area contributed by atoms with E-state index >= 15 is 0 Å². The lowest BCUT2D eigenvalue weighted by molar-refractivity contribution is -0.152. The van der Waals surface area contributed by atoms with Crippen molar-refractivity contribution < 1.29 is 39.5 Å². The van der Waals surface area contributed by atoms with Gasteiger partial charge in [-0.1, -0.05) is 128 Å². The van der Waals surface area contributed by atoms with E-state index in [0.29, 0.717) is 38.9 Å². The van der Waals surface area contributed by atoms with Crippen molar-refractivity contribution in [3.8, 4) is 0 Å². The van der Waals surface area contributed by atoms with Gasteiger partial charge in [-0.05, 0) is 89.9 Å². The van der Waals surface area contributed by atoms with Crippen LogP contribution >= 0.6 is 0 Å². The topological polar surface area (TPSA) is 134 Å². The Labute approximate surface area is 320 Å². The van der Waals surface area contributed by atoms with Crippen molar-refractivity contribution in [2.45, 2.75) is 219 Å². The molecule has 0 saturated carbocycles. The molecule has 0 bridgehead atoms. The quantitative estimate of drug-likeness (QED) is 0.0279. The summed E-state index contributed by atoms with van der Waals surface area (Å²) in [5, 5.41) is 35.4. The molecule has 0 heterocycles. The molecule has 0 aliphatic carbocycles. The summed E-state index contributed by atoms with van der Waals surface area (Å²) in [5.74, 6) is -0.357. The van der Waals surface area contributed by atoms with Gasteiger partial charge in [0.05, 0.1) is 13.2 Å². The minimum absolute atomic E-state index is 0.0830. The molecule has 0 radical (unpaired) electrons. The van der Waals surface area contributed by atoms with Crippen LogP contribution in [-0.4, -0.2) is 71.0 Å². The van der Waals surface area contributed by atoms with Gasteiger partial charge in [0.1, 0.15) is 12.2 Å². The largest absolute Gasteiger partial charge is 0.460 e. The van der Waals surface area contributed by atoms with E-state index in [1.54, 1.807) is 0 Å². The molecule has 0 amide bonds. The highest BCUT2D eigenvalue weighted by Gasteiger charge is 2.11. The van der Waals surface area contributed by atoms with Crippen molar-refractivity contribution in [3.05, 3.63) is 24.3 Å². The van der Waals surface area contributed by atoms with Crippen molar-refractivity contribution in [1.29, 1.82) is 0 Å². The zero-order chi connectivity index (χ0) is 38.6. The molecule has 0 saturated heterocycles. The Morgan fingerprint density at radius 1 is 0.404 bits per heavy atom. The number of unbranched alkanes of at least 4 members (excludes halogenated alkanes) is 22. The lowest BCUT2D eigenvalue weighted by atomic mass is 10.1. The van der Waals surface area contributed by atoms with E-state index in [0.717, 1.165) is 64.2 Å². The van der Waals surface area contributed by atoms with E-state index in [1.807, 2.05) is 13.8 Å². The first-order valence-corrected chi connectivity index (χ1v) is 21.6. The van der Waals surface area contributed by atoms with Crippen molar-refractivity contribution in [2.24, 2.45) is 0 Å². The normalized spacial score (nSPS) is 12.6. The van der Waals surface area contributed by atoms with Crippen molar-refractivity contribution in [3.63, 3.8) is 0 Å². The van der Waals surface area contributed by atoms with Crippen LogP contribution in [0.5, 0.6) is 0 Å². The van der Waals surface area contributed by atoms with Crippen LogP contribution in [0, 0.1) is 0 Å². The Kier molecular flexibility index (Phi) is 45.7. The molecule has 0 aliphatic heterocycles. The average Bonchev–Trinajstić information content (AvgIpc) is 3.15. The lowest BCUT2D eigenvalue weighted by Crippen LogP contribution is -2.20. The van der Waals surface area contributed by atoms with E-state index in [4.69, 9.17) is 29.9 Å². The average molecular weight is 741 g/mol. The first kappa shape index (κ1) is 52.4. The zero-order valence-electron chi connectivity index (χ0n) is 33.9. The predicted molar refractivity (Wildman–Crippen MR) is 216 cm³/mol. The highest BCUT2D eigenvalue weighted by Crippen LogP contribution is 2.13. The van der Waals surface area contributed by atoms with Gasteiger partial charge in [0, 0.05) is 26.1 Å². The van der Waals surface area contributed by atoms with E-state index in [9.17, 15) is 9.59 Å². The molecule has 308 valence electrons. The fraction of sp³-hybridized carbons (Fsp3) is 0.864. The van der Waals surface area contributed by atoms with Gasteiger partial charge in [0.15, 0.2) is 0 Å². The monoisotopic (exact) mass is 741 g/mol. The minimum Gasteiger partial charge on any atom is -0.460 e. The third-order valence-electron chi connectivity index (χ3n) is 9.31. The van der Waals surface area contributed by atoms with Crippen molar-refractivity contribution in [1.82, 2.24) is 0 Å². The Balaban J connectivity index is 0. The van der Waals surface area contributed by atoms with Crippen molar-refractivity contribution in [2.75, 3.05) is 26.4 Å². The molecular formula is C44H84O8. The minimum atomic E-state index is -0.333. The van der Waals surface area contributed by atoms with E-state index in [-0.39, 0.29) is 37.4 Å². The Bertz CT molecular complexity index is 712. The third kappa shape index (κ3) is 42.7. The molecule has 52 heavy (non-hydrogen) atoms. The summed E-state index contributed by atoms with van der Waals surface area (Å²) < 4.78 is 10.3. The van der Waals surface area contributed by atoms with Crippen LogP contribution in [-0.2, 0) is 19.1 Å². The summed E-state index contributed by atoms with van der Waals surface area (Å²) in [6.45, 7) is 4.31. The van der Waals surface area contributed by atoms with Gasteiger partial charge in [0.2, 0.25) is 0 Å². The summed E-state index contributed by atoms with van der Waals surface area (Å²) in [4.78, 5) is 23.1. The molecule has 0 aromatic heterocycles. The predicted octanol–water partition coefficient (Wildman–Crippen LogP) is 10.6. The van der Waals surface area contributed by atoms with Crippen LogP contribution in [0.3, 0.4) is 0 Å². The fourth-order valence-corrected chi connectivity index (χ4v) is 5.75. The van der Waals surface area contributed by atoms with Crippen molar-refractivity contribution >= 4 is 11.9 Å². The molecule has 8 nitrogen and oxygen atoms in total. The first-order chi connectivity index (χ1) is 25.5. The van der Waals surface area contributed by atoms with Crippen LogP contribution in [0.15, 0.2) is 24.3 Å². The van der Waals surface area contributed by atoms with Crippen LogP contribution in [0.25, 0.3) is 0 Å². The first-order valence-electron chi connectivity index (χ1n) is 21.6. The highest BCUT2D eigenvalue weighted by atomic mass is 16.6. The number of rotatable bonds is 38. The Morgan fingerprint density at radius 3 is 0.904 bits per heavy atom. The number of aliphatic hydroxyl groups is 4. The number of ether oxygens (including phenoxy) is 2. The molecule has 0 aromatic carbocycles. The van der Waals surface area contributed by atoms with Crippen LogP contribution < -0.4 is 0 Å². The van der Waals surface area contributed by atoms with Crippen LogP contribution in [0.2, 0.25) is 0 Å². The molecule has 0 aromatic rings. The second-order valence-corrected chi connectivity index (χ2v) is 14.2. The summed E-state index contributed by atoms with van der Waals surface area (Å²) in [5.41, 5.74) is 0. The number of hydrogen-bond donors (Lipinski definition) is 4. The molecule has 2 atom stereocenters. The van der Waals surface area contributed by atoms with Gasteiger partial charge in [-0.2, -0.15) is 0 Å². The number of carbonyl (C=O) groups excluding carboxylic acids is 2. The molecule has 0 aliphatic rings.